The Morgan fingerprint density at radius 1 is 1.05 bits per heavy atom. The molecule has 19 heavy (non-hydrogen) atoms. The van der Waals surface area contributed by atoms with Crippen LogP contribution in [0.3, 0.4) is 0 Å². The summed E-state index contributed by atoms with van der Waals surface area (Å²) >= 11 is 0. The van der Waals surface area contributed by atoms with Crippen molar-refractivity contribution in [2.45, 2.75) is 45.1 Å². The second-order valence-corrected chi connectivity index (χ2v) is 6.24. The van der Waals surface area contributed by atoms with Crippen molar-refractivity contribution in [1.29, 1.82) is 0 Å². The summed E-state index contributed by atoms with van der Waals surface area (Å²) in [6.45, 7) is 5.63. The molecule has 1 aliphatic carbocycles. The molecule has 1 aromatic rings. The SMILES string of the molecule is Cc1ccc(N2CCNC(C3CCCCC3)C2)cc1. The van der Waals surface area contributed by atoms with Crippen molar-refractivity contribution in [3.8, 4) is 0 Å². The van der Waals surface area contributed by atoms with Crippen LogP contribution in [0.1, 0.15) is 37.7 Å². The topological polar surface area (TPSA) is 15.3 Å². The second kappa shape index (κ2) is 5.96. The maximum Gasteiger partial charge on any atom is 0.0367 e. The second-order valence-electron chi connectivity index (χ2n) is 6.24. The monoisotopic (exact) mass is 258 g/mol. The number of anilines is 1. The van der Waals surface area contributed by atoms with Gasteiger partial charge in [0.25, 0.3) is 0 Å². The van der Waals surface area contributed by atoms with E-state index in [1.807, 2.05) is 0 Å². The average molecular weight is 258 g/mol. The van der Waals surface area contributed by atoms with Gasteiger partial charge in [-0.15, -0.1) is 0 Å². The lowest BCUT2D eigenvalue weighted by Crippen LogP contribution is -2.54. The zero-order valence-electron chi connectivity index (χ0n) is 12.1. The first-order valence-corrected chi connectivity index (χ1v) is 7.88. The predicted octanol–water partition coefficient (Wildman–Crippen LogP) is 3.35. The molecule has 0 aromatic heterocycles. The van der Waals surface area contributed by atoms with Crippen molar-refractivity contribution >= 4 is 5.69 Å². The van der Waals surface area contributed by atoms with Gasteiger partial charge in [-0.1, -0.05) is 37.0 Å². The molecule has 1 heterocycles. The summed E-state index contributed by atoms with van der Waals surface area (Å²) < 4.78 is 0. The zero-order chi connectivity index (χ0) is 13.1. The Hall–Kier alpha value is -1.02. The summed E-state index contributed by atoms with van der Waals surface area (Å²) in [6, 6.07) is 9.72. The van der Waals surface area contributed by atoms with Gasteiger partial charge in [0.05, 0.1) is 0 Å². The number of rotatable bonds is 2. The number of aryl methyl sites for hydroxylation is 1. The van der Waals surface area contributed by atoms with Crippen LogP contribution >= 0.6 is 0 Å². The summed E-state index contributed by atoms with van der Waals surface area (Å²) in [5.41, 5.74) is 2.75. The minimum atomic E-state index is 0.704. The van der Waals surface area contributed by atoms with Gasteiger partial charge in [-0.25, -0.2) is 0 Å². The number of benzene rings is 1. The highest BCUT2D eigenvalue weighted by Gasteiger charge is 2.27. The van der Waals surface area contributed by atoms with Crippen LogP contribution in [0.15, 0.2) is 24.3 Å². The molecule has 3 rings (SSSR count). The minimum Gasteiger partial charge on any atom is -0.369 e. The van der Waals surface area contributed by atoms with Crippen LogP contribution in [0.5, 0.6) is 0 Å². The Balaban J connectivity index is 1.65. The normalized spacial score (nSPS) is 25.5. The molecule has 0 spiro atoms. The van der Waals surface area contributed by atoms with E-state index in [1.165, 1.54) is 49.9 Å². The fourth-order valence-corrected chi connectivity index (χ4v) is 3.62. The molecule has 2 aliphatic rings. The van der Waals surface area contributed by atoms with E-state index in [0.717, 1.165) is 19.0 Å². The Kier molecular flexibility index (Phi) is 4.07. The number of nitrogens with zero attached hydrogens (tertiary/aromatic N) is 1. The van der Waals surface area contributed by atoms with E-state index >= 15 is 0 Å². The molecule has 0 amide bonds. The maximum atomic E-state index is 3.76. The van der Waals surface area contributed by atoms with Crippen LogP contribution < -0.4 is 10.2 Å². The molecular formula is C17H26N2. The maximum absolute atomic E-state index is 3.76. The van der Waals surface area contributed by atoms with E-state index in [1.54, 1.807) is 0 Å². The zero-order valence-corrected chi connectivity index (χ0v) is 12.1. The van der Waals surface area contributed by atoms with Gasteiger partial charge in [0.2, 0.25) is 0 Å². The molecule has 2 heteroatoms. The number of hydrogen-bond donors (Lipinski definition) is 1. The first-order valence-electron chi connectivity index (χ1n) is 7.88. The van der Waals surface area contributed by atoms with Gasteiger partial charge >= 0.3 is 0 Å². The van der Waals surface area contributed by atoms with E-state index in [4.69, 9.17) is 0 Å². The highest BCUT2D eigenvalue weighted by atomic mass is 15.2. The summed E-state index contributed by atoms with van der Waals surface area (Å²) in [6.07, 6.45) is 7.18. The van der Waals surface area contributed by atoms with E-state index in [0.29, 0.717) is 6.04 Å². The fourth-order valence-electron chi connectivity index (χ4n) is 3.62. The molecule has 1 saturated carbocycles. The van der Waals surface area contributed by atoms with E-state index in [2.05, 4.69) is 41.4 Å². The Morgan fingerprint density at radius 3 is 2.53 bits per heavy atom. The highest BCUT2D eigenvalue weighted by molar-refractivity contribution is 5.48. The number of hydrogen-bond acceptors (Lipinski definition) is 2. The lowest BCUT2D eigenvalue weighted by Gasteiger charge is -2.40. The standard InChI is InChI=1S/C17H26N2/c1-14-7-9-16(10-8-14)19-12-11-18-17(13-19)15-5-3-2-4-6-15/h7-10,15,17-18H,2-6,11-13H2,1H3. The first-order chi connectivity index (χ1) is 9.33. The van der Waals surface area contributed by atoms with Crippen molar-refractivity contribution < 1.29 is 0 Å². The molecular weight excluding hydrogens is 232 g/mol. The van der Waals surface area contributed by atoms with Crippen molar-refractivity contribution in [2.75, 3.05) is 24.5 Å². The van der Waals surface area contributed by atoms with Gasteiger partial charge in [-0.05, 0) is 37.8 Å². The summed E-state index contributed by atoms with van der Waals surface area (Å²) in [7, 11) is 0. The molecule has 2 nitrogen and oxygen atoms in total. The molecule has 1 atom stereocenters. The first kappa shape index (κ1) is 13.0. The van der Waals surface area contributed by atoms with Gasteiger partial charge in [-0.3, -0.25) is 0 Å². The number of nitrogens with one attached hydrogen (secondary N) is 1. The van der Waals surface area contributed by atoms with Gasteiger partial charge in [0.15, 0.2) is 0 Å². The lowest BCUT2D eigenvalue weighted by molar-refractivity contribution is 0.257. The third kappa shape index (κ3) is 3.11. The molecule has 1 aliphatic heterocycles. The fraction of sp³-hybridized carbons (Fsp3) is 0.647. The van der Waals surface area contributed by atoms with Crippen molar-refractivity contribution in [3.63, 3.8) is 0 Å². The molecule has 1 saturated heterocycles. The molecule has 1 unspecified atom stereocenters. The van der Waals surface area contributed by atoms with E-state index in [9.17, 15) is 0 Å². The third-order valence-corrected chi connectivity index (χ3v) is 4.82. The van der Waals surface area contributed by atoms with Gasteiger partial charge < -0.3 is 10.2 Å². The summed E-state index contributed by atoms with van der Waals surface area (Å²) in [5, 5.41) is 3.76. The van der Waals surface area contributed by atoms with E-state index in [-0.39, 0.29) is 0 Å². The predicted molar refractivity (Wildman–Crippen MR) is 81.8 cm³/mol. The van der Waals surface area contributed by atoms with Crippen LogP contribution in [-0.4, -0.2) is 25.7 Å². The van der Waals surface area contributed by atoms with Gasteiger partial charge in [0.1, 0.15) is 0 Å². The Bertz CT molecular complexity index is 392. The van der Waals surface area contributed by atoms with Crippen LogP contribution in [0.2, 0.25) is 0 Å². The molecule has 104 valence electrons. The van der Waals surface area contributed by atoms with Gasteiger partial charge in [0, 0.05) is 31.4 Å². The smallest absolute Gasteiger partial charge is 0.0367 e. The van der Waals surface area contributed by atoms with Crippen LogP contribution in [0, 0.1) is 12.8 Å². The molecule has 1 N–H and O–H groups in total. The third-order valence-electron chi connectivity index (χ3n) is 4.82. The molecule has 2 fully saturated rings. The highest BCUT2D eigenvalue weighted by Crippen LogP contribution is 2.28. The summed E-state index contributed by atoms with van der Waals surface area (Å²) in [4.78, 5) is 2.56. The van der Waals surface area contributed by atoms with Crippen LogP contribution in [0.4, 0.5) is 5.69 Å². The van der Waals surface area contributed by atoms with Crippen molar-refractivity contribution in [2.24, 2.45) is 5.92 Å². The molecule has 0 bridgehead atoms. The minimum absolute atomic E-state index is 0.704. The largest absolute Gasteiger partial charge is 0.369 e. The Morgan fingerprint density at radius 2 is 1.79 bits per heavy atom. The molecule has 1 aromatic carbocycles. The van der Waals surface area contributed by atoms with Crippen molar-refractivity contribution in [1.82, 2.24) is 5.32 Å². The van der Waals surface area contributed by atoms with Crippen LogP contribution in [-0.2, 0) is 0 Å². The van der Waals surface area contributed by atoms with Crippen molar-refractivity contribution in [3.05, 3.63) is 29.8 Å². The lowest BCUT2D eigenvalue weighted by atomic mass is 9.83. The Labute approximate surface area is 117 Å². The average Bonchev–Trinajstić information content (AvgIpc) is 2.49. The molecule has 0 radical (unpaired) electrons. The van der Waals surface area contributed by atoms with Gasteiger partial charge in [-0.2, -0.15) is 0 Å². The quantitative estimate of drug-likeness (QED) is 0.875. The summed E-state index contributed by atoms with van der Waals surface area (Å²) in [5.74, 6) is 0.905. The number of piperazine rings is 1. The van der Waals surface area contributed by atoms with E-state index < -0.39 is 0 Å². The van der Waals surface area contributed by atoms with Crippen LogP contribution in [0.25, 0.3) is 0 Å².